The van der Waals surface area contributed by atoms with Crippen molar-refractivity contribution in [2.24, 2.45) is 0 Å². The van der Waals surface area contributed by atoms with Crippen LogP contribution in [0.3, 0.4) is 0 Å². The van der Waals surface area contributed by atoms with Crippen LogP contribution in [0.5, 0.6) is 0 Å². The average Bonchev–Trinajstić information content (AvgIpc) is 2.16. The molecule has 1 N–H and O–H groups in total. The van der Waals surface area contributed by atoms with E-state index in [0.29, 0.717) is 0 Å². The van der Waals surface area contributed by atoms with Gasteiger partial charge in [-0.1, -0.05) is 34.1 Å². The molecule has 3 heteroatoms. The zero-order valence-corrected chi connectivity index (χ0v) is 13.2. The first kappa shape index (κ1) is 24.0. The molecule has 0 saturated heterocycles. The molecular formula is C12H23NOOs. The van der Waals surface area contributed by atoms with E-state index in [1.54, 1.807) is 0 Å². The van der Waals surface area contributed by atoms with E-state index in [-0.39, 0.29) is 19.8 Å². The SMILES string of the molecule is C/C=C(/C)[C-]=CCC.CC.CC([NH-])=O.[Os+2]. The van der Waals surface area contributed by atoms with Crippen molar-refractivity contribution in [3.05, 3.63) is 29.5 Å². The topological polar surface area (TPSA) is 40.9 Å². The van der Waals surface area contributed by atoms with E-state index >= 15 is 0 Å². The molecule has 0 aromatic heterocycles. The molecule has 0 unspecified atom stereocenters. The van der Waals surface area contributed by atoms with Crippen molar-refractivity contribution in [3.63, 3.8) is 0 Å². The molecule has 15 heavy (non-hydrogen) atoms. The third-order valence-corrected chi connectivity index (χ3v) is 0.967. The zero-order chi connectivity index (χ0) is 12.0. The Labute approximate surface area is 108 Å². The van der Waals surface area contributed by atoms with Crippen LogP contribution in [0.25, 0.3) is 5.73 Å². The third-order valence-electron chi connectivity index (χ3n) is 0.967. The molecule has 0 saturated carbocycles. The molecule has 0 bridgehead atoms. The normalized spacial score (nSPS) is 9.07. The average molecular weight is 388 g/mol. The van der Waals surface area contributed by atoms with Crippen LogP contribution in [0.15, 0.2) is 17.7 Å². The summed E-state index contributed by atoms with van der Waals surface area (Å²) < 4.78 is 0. The quantitative estimate of drug-likeness (QED) is 0.513. The smallest absolute Gasteiger partial charge is 0.668 e. The summed E-state index contributed by atoms with van der Waals surface area (Å²) in [4.78, 5) is 9.11. The van der Waals surface area contributed by atoms with E-state index in [1.807, 2.05) is 39.8 Å². The molecule has 0 aliphatic heterocycles. The van der Waals surface area contributed by atoms with Gasteiger partial charge in [-0.3, -0.25) is 6.08 Å². The minimum atomic E-state index is -0.583. The minimum Gasteiger partial charge on any atom is -0.668 e. The summed E-state index contributed by atoms with van der Waals surface area (Å²) in [5.74, 6) is -0.583. The van der Waals surface area contributed by atoms with Gasteiger partial charge in [0.25, 0.3) is 0 Å². The summed E-state index contributed by atoms with van der Waals surface area (Å²) in [6, 6.07) is 0. The van der Waals surface area contributed by atoms with Crippen molar-refractivity contribution in [1.29, 1.82) is 0 Å². The van der Waals surface area contributed by atoms with Gasteiger partial charge in [-0.15, -0.1) is 6.92 Å². The van der Waals surface area contributed by atoms with E-state index in [1.165, 1.54) is 12.5 Å². The molecule has 0 rings (SSSR count). The van der Waals surface area contributed by atoms with Gasteiger partial charge in [0.2, 0.25) is 0 Å². The van der Waals surface area contributed by atoms with Crippen molar-refractivity contribution in [3.8, 4) is 0 Å². The van der Waals surface area contributed by atoms with Gasteiger partial charge in [0.05, 0.1) is 0 Å². The van der Waals surface area contributed by atoms with Crippen molar-refractivity contribution < 1.29 is 24.6 Å². The number of nitrogens with one attached hydrogen (secondary N) is 1. The number of hydrogen-bond acceptors (Lipinski definition) is 1. The van der Waals surface area contributed by atoms with Crippen LogP contribution in [-0.2, 0) is 24.6 Å². The molecule has 2 nitrogen and oxygen atoms in total. The van der Waals surface area contributed by atoms with Gasteiger partial charge in [-0.05, 0) is 6.92 Å². The summed E-state index contributed by atoms with van der Waals surface area (Å²) in [5, 5.41) is 0. The number of allylic oxidation sites excluding steroid dienone is 4. The Morgan fingerprint density at radius 3 is 1.87 bits per heavy atom. The standard InChI is InChI=1S/C8H13.C2H5NO.C2H6.Os/c1-4-6-7-8(3)5-2;1-2(3)4;1-2;/h5-6H,4H2,1-3H3;1H3,(H2,3,4);1-2H3;/q-1;;;+2/p-1/b8-5-;;;. The van der Waals surface area contributed by atoms with Gasteiger partial charge >= 0.3 is 19.8 Å². The summed E-state index contributed by atoms with van der Waals surface area (Å²) in [7, 11) is 0. The molecule has 0 aromatic carbocycles. The summed E-state index contributed by atoms with van der Waals surface area (Å²) in [6.45, 7) is 11.4. The number of amides is 1. The number of rotatable bonds is 2. The van der Waals surface area contributed by atoms with Gasteiger partial charge < -0.3 is 10.5 Å². The molecule has 0 atom stereocenters. The van der Waals surface area contributed by atoms with Crippen molar-refractivity contribution in [2.75, 3.05) is 0 Å². The van der Waals surface area contributed by atoms with Crippen LogP contribution in [0.2, 0.25) is 0 Å². The number of carbonyl (C=O) groups excluding carboxylic acids is 1. The van der Waals surface area contributed by atoms with E-state index in [0.717, 1.165) is 6.42 Å². The second-order valence-corrected chi connectivity index (χ2v) is 2.28. The first-order chi connectivity index (χ1) is 6.54. The minimum absolute atomic E-state index is 0. The molecule has 0 fully saturated rings. The van der Waals surface area contributed by atoms with Crippen LogP contribution in [0, 0.1) is 6.08 Å². The largest absolute Gasteiger partial charge is 2.00 e. The molecule has 0 aliphatic carbocycles. The van der Waals surface area contributed by atoms with Gasteiger partial charge in [-0.2, -0.15) is 6.08 Å². The number of hydrogen-bond donors (Lipinski definition) is 0. The Kier molecular flexibility index (Phi) is 37.5. The van der Waals surface area contributed by atoms with Crippen molar-refractivity contribution in [1.82, 2.24) is 0 Å². The van der Waals surface area contributed by atoms with Crippen LogP contribution in [-0.4, -0.2) is 5.91 Å². The maximum Gasteiger partial charge on any atom is 2.00 e. The Balaban J connectivity index is -0.0000000742. The van der Waals surface area contributed by atoms with Crippen LogP contribution < -0.4 is 0 Å². The van der Waals surface area contributed by atoms with Crippen LogP contribution in [0.1, 0.15) is 48.0 Å². The van der Waals surface area contributed by atoms with E-state index in [4.69, 9.17) is 10.5 Å². The zero-order valence-electron chi connectivity index (χ0n) is 10.6. The molecule has 90 valence electrons. The fraction of sp³-hybridized carbons (Fsp3) is 0.583. The Morgan fingerprint density at radius 1 is 1.33 bits per heavy atom. The molecule has 0 radical (unpaired) electrons. The summed E-state index contributed by atoms with van der Waals surface area (Å²) >= 11 is 0. The maximum absolute atomic E-state index is 9.11. The second kappa shape index (κ2) is 23.4. The summed E-state index contributed by atoms with van der Waals surface area (Å²) in [6.07, 6.45) is 8.28. The molecule has 1 amide bonds. The van der Waals surface area contributed by atoms with Gasteiger partial charge in [-0.25, -0.2) is 11.6 Å². The Hall–Kier alpha value is -0.414. The first-order valence-electron chi connectivity index (χ1n) is 4.97. The summed E-state index contributed by atoms with van der Waals surface area (Å²) in [5.41, 5.74) is 7.16. The van der Waals surface area contributed by atoms with Crippen LogP contribution >= 0.6 is 0 Å². The van der Waals surface area contributed by atoms with Gasteiger partial charge in [0.1, 0.15) is 0 Å². The number of carbonyl (C=O) groups is 1. The van der Waals surface area contributed by atoms with Crippen molar-refractivity contribution in [2.45, 2.75) is 48.0 Å². The predicted octanol–water partition coefficient (Wildman–Crippen LogP) is 4.33. The fourth-order valence-electron chi connectivity index (χ4n) is 0.346. The van der Waals surface area contributed by atoms with E-state index in [9.17, 15) is 0 Å². The van der Waals surface area contributed by atoms with E-state index in [2.05, 4.69) is 13.0 Å². The fourth-order valence-corrected chi connectivity index (χ4v) is 0.346. The monoisotopic (exact) mass is 389 g/mol. The van der Waals surface area contributed by atoms with Crippen molar-refractivity contribution >= 4 is 5.91 Å². The molecule has 0 aliphatic rings. The molecule has 0 heterocycles. The maximum atomic E-state index is 9.11. The van der Waals surface area contributed by atoms with E-state index < -0.39 is 5.91 Å². The van der Waals surface area contributed by atoms with Gasteiger partial charge in [0.15, 0.2) is 0 Å². The molecule has 0 aromatic rings. The Bertz CT molecular complexity index is 170. The molecule has 0 spiro atoms. The van der Waals surface area contributed by atoms with Crippen LogP contribution in [0.4, 0.5) is 0 Å². The second-order valence-electron chi connectivity index (χ2n) is 2.28. The predicted molar refractivity (Wildman–Crippen MR) is 63.9 cm³/mol. The third kappa shape index (κ3) is 58.4. The first-order valence-corrected chi connectivity index (χ1v) is 4.97. The molecular weight excluding hydrogens is 364 g/mol. The van der Waals surface area contributed by atoms with Gasteiger partial charge in [0, 0.05) is 5.91 Å². The Morgan fingerprint density at radius 2 is 1.67 bits per heavy atom.